The molecule has 0 aromatic carbocycles. The third kappa shape index (κ3) is 24.0. The number of carboxylic acid groups (broad SMARTS) is 1. The molecule has 0 aliphatic carbocycles. The van der Waals surface area contributed by atoms with Gasteiger partial charge in [0.05, 0.1) is 12.6 Å². The zero-order valence-corrected chi connectivity index (χ0v) is 21.8. The van der Waals surface area contributed by atoms with Crippen LogP contribution in [-0.2, 0) is 15.2 Å². The van der Waals surface area contributed by atoms with Gasteiger partial charge in [0.2, 0.25) is 0 Å². The molecule has 4 unspecified atom stereocenters. The van der Waals surface area contributed by atoms with Crippen molar-refractivity contribution >= 4 is 16.4 Å². The van der Waals surface area contributed by atoms with Crippen molar-refractivity contribution in [3.8, 4) is 0 Å². The van der Waals surface area contributed by atoms with Crippen LogP contribution in [0.2, 0.25) is 0 Å². The molecular formula is C6H11K3O11S. The van der Waals surface area contributed by atoms with Crippen molar-refractivity contribution in [1.82, 2.24) is 0 Å². The van der Waals surface area contributed by atoms with Crippen molar-refractivity contribution in [3.05, 3.63) is 0 Å². The predicted octanol–water partition coefficient (Wildman–Crippen LogP) is -15.2. The number of hydrogen-bond acceptors (Lipinski definition) is 11. The Labute approximate surface area is 248 Å². The monoisotopic (exact) mass is 408 g/mol. The summed E-state index contributed by atoms with van der Waals surface area (Å²) in [5.74, 6) is -1.98. The number of carbonyl (C=O) groups is 1. The average molecular weight is 409 g/mol. The molecule has 11 nitrogen and oxygen atoms in total. The summed E-state index contributed by atoms with van der Waals surface area (Å²) >= 11 is 0. The Balaban J connectivity index is -0.0000000933. The van der Waals surface area contributed by atoms with Gasteiger partial charge >= 0.3 is 154 Å². The largest absolute Gasteiger partial charge is 1.00 e. The van der Waals surface area contributed by atoms with E-state index in [0.717, 1.165) is 0 Å². The maximum Gasteiger partial charge on any atom is 1.00 e. The van der Waals surface area contributed by atoms with Gasteiger partial charge in [-0.15, -0.1) is 0 Å². The number of hydrogen-bond donors (Lipinski definition) is 5. The third-order valence-corrected chi connectivity index (χ3v) is 1.50. The van der Waals surface area contributed by atoms with Crippen molar-refractivity contribution in [3.63, 3.8) is 0 Å². The number of carboxylic acids is 1. The van der Waals surface area contributed by atoms with Crippen molar-refractivity contribution in [2.45, 2.75) is 24.4 Å². The molecule has 0 rings (SSSR count). The van der Waals surface area contributed by atoms with Gasteiger partial charge in [0, 0.05) is 10.4 Å². The molecule has 0 heterocycles. The zero-order valence-electron chi connectivity index (χ0n) is 11.6. The fourth-order valence-corrected chi connectivity index (χ4v) is 0.662. The van der Waals surface area contributed by atoms with Crippen LogP contribution in [0.25, 0.3) is 0 Å². The summed E-state index contributed by atoms with van der Waals surface area (Å²) in [6.45, 7) is -0.863. The van der Waals surface area contributed by atoms with Gasteiger partial charge in [0.15, 0.2) is 0 Å². The molecular weight excluding hydrogens is 397 g/mol. The van der Waals surface area contributed by atoms with E-state index < -0.39 is 47.4 Å². The van der Waals surface area contributed by atoms with Crippen LogP contribution in [0.3, 0.4) is 0 Å². The molecule has 110 valence electrons. The van der Waals surface area contributed by atoms with Crippen molar-refractivity contribution < 1.29 is 207 Å². The molecule has 4 atom stereocenters. The Morgan fingerprint density at radius 2 is 1.24 bits per heavy atom. The SMILES string of the molecule is O=C([O-])C(O)C(O)C(O)C(O)CO.O=S(=O)([O-])[O-].[K+].[K+].[K+]. The normalized spacial score (nSPS) is 15.4. The van der Waals surface area contributed by atoms with Crippen LogP contribution in [0.1, 0.15) is 0 Å². The molecule has 0 fully saturated rings. The van der Waals surface area contributed by atoms with Gasteiger partial charge in [-0.1, -0.05) is 0 Å². The molecule has 21 heavy (non-hydrogen) atoms. The smallest absolute Gasteiger partial charge is 0.759 e. The van der Waals surface area contributed by atoms with Crippen LogP contribution >= 0.6 is 0 Å². The number of carbonyl (C=O) groups excluding carboxylic acids is 1. The van der Waals surface area contributed by atoms with E-state index in [-0.39, 0.29) is 154 Å². The molecule has 0 saturated carbocycles. The minimum Gasteiger partial charge on any atom is -0.759 e. The molecule has 0 saturated heterocycles. The number of aliphatic hydroxyl groups excluding tert-OH is 5. The van der Waals surface area contributed by atoms with Gasteiger partial charge in [-0.05, 0) is 0 Å². The van der Waals surface area contributed by atoms with Crippen LogP contribution in [0.15, 0.2) is 0 Å². The second-order valence-corrected chi connectivity index (χ2v) is 3.72. The molecule has 0 aromatic heterocycles. The first kappa shape index (κ1) is 36.0. The van der Waals surface area contributed by atoms with Crippen molar-refractivity contribution in [2.24, 2.45) is 0 Å². The van der Waals surface area contributed by atoms with E-state index in [9.17, 15) is 9.90 Å². The van der Waals surface area contributed by atoms with Gasteiger partial charge < -0.3 is 44.5 Å². The number of aliphatic hydroxyl groups is 5. The van der Waals surface area contributed by atoms with E-state index in [4.69, 9.17) is 43.1 Å². The van der Waals surface area contributed by atoms with Gasteiger partial charge in [-0.3, -0.25) is 8.42 Å². The first-order chi connectivity index (χ1) is 7.91. The Morgan fingerprint density at radius 3 is 1.43 bits per heavy atom. The van der Waals surface area contributed by atoms with Gasteiger partial charge in [-0.25, -0.2) is 0 Å². The summed E-state index contributed by atoms with van der Waals surface area (Å²) in [4.78, 5) is 9.98. The van der Waals surface area contributed by atoms with E-state index >= 15 is 0 Å². The van der Waals surface area contributed by atoms with E-state index in [1.807, 2.05) is 0 Å². The van der Waals surface area contributed by atoms with Gasteiger partial charge in [0.25, 0.3) is 0 Å². The summed E-state index contributed by atoms with van der Waals surface area (Å²) in [6, 6.07) is 0. The molecule has 0 aliphatic rings. The molecule has 0 spiro atoms. The first-order valence-electron chi connectivity index (χ1n) is 4.12. The van der Waals surface area contributed by atoms with E-state index in [2.05, 4.69) is 0 Å². The number of rotatable bonds is 5. The summed E-state index contributed by atoms with van der Waals surface area (Å²) in [5.41, 5.74) is 0. The average Bonchev–Trinajstić information content (AvgIpc) is 2.22. The molecule has 5 N–H and O–H groups in total. The van der Waals surface area contributed by atoms with Crippen LogP contribution < -0.4 is 159 Å². The van der Waals surface area contributed by atoms with E-state index in [0.29, 0.717) is 0 Å². The summed E-state index contributed by atoms with van der Waals surface area (Å²) in [7, 11) is -5.17. The molecule has 0 amide bonds. The molecule has 0 bridgehead atoms. The predicted molar refractivity (Wildman–Crippen MR) is 46.6 cm³/mol. The number of aliphatic carboxylic acids is 1. The maximum atomic E-state index is 9.98. The Kier molecular flexibility index (Phi) is 32.3. The second-order valence-electron chi connectivity index (χ2n) is 2.90. The Bertz CT molecular complexity index is 342. The summed E-state index contributed by atoms with van der Waals surface area (Å²) in [6.07, 6.45) is -8.08. The van der Waals surface area contributed by atoms with Gasteiger partial charge in [-0.2, -0.15) is 0 Å². The Hall–Kier alpha value is 4.05. The minimum atomic E-state index is -5.17. The van der Waals surface area contributed by atoms with E-state index in [1.54, 1.807) is 0 Å². The molecule has 0 radical (unpaired) electrons. The molecule has 0 aliphatic heterocycles. The molecule has 0 aromatic rings. The van der Waals surface area contributed by atoms with Crippen molar-refractivity contribution in [2.75, 3.05) is 6.61 Å². The maximum absolute atomic E-state index is 9.98. The summed E-state index contributed by atoms with van der Waals surface area (Å²) in [5, 5.41) is 53.4. The Morgan fingerprint density at radius 1 is 0.952 bits per heavy atom. The van der Waals surface area contributed by atoms with Crippen LogP contribution in [0, 0.1) is 0 Å². The summed E-state index contributed by atoms with van der Waals surface area (Å²) < 4.78 is 34.1. The topological polar surface area (TPSA) is 222 Å². The third-order valence-electron chi connectivity index (χ3n) is 1.50. The van der Waals surface area contributed by atoms with Crippen LogP contribution in [-0.4, -0.2) is 80.0 Å². The minimum absolute atomic E-state index is 0. The van der Waals surface area contributed by atoms with Crippen LogP contribution in [0.5, 0.6) is 0 Å². The van der Waals surface area contributed by atoms with Crippen LogP contribution in [0.4, 0.5) is 0 Å². The fraction of sp³-hybridized carbons (Fsp3) is 0.833. The van der Waals surface area contributed by atoms with E-state index in [1.165, 1.54) is 0 Å². The van der Waals surface area contributed by atoms with Crippen molar-refractivity contribution in [1.29, 1.82) is 0 Å². The molecule has 15 heteroatoms. The quantitative estimate of drug-likeness (QED) is 0.163. The first-order valence-corrected chi connectivity index (χ1v) is 5.45. The standard InChI is InChI=1S/C6H12O7.3K.H2O4S/c7-1-2(8)3(9)4(10)5(11)6(12)13;;;;1-5(2,3)4/h2-5,7-11H,1H2,(H,12,13);;;;(H2,1,2,3,4)/q;3*+1;/p-3. The zero-order chi connectivity index (χ0) is 15.1. The van der Waals surface area contributed by atoms with Gasteiger partial charge in [0.1, 0.15) is 24.4 Å². The fourth-order valence-electron chi connectivity index (χ4n) is 0.662. The second kappa shape index (κ2) is 18.8.